The van der Waals surface area contributed by atoms with Gasteiger partial charge < -0.3 is 9.84 Å². The van der Waals surface area contributed by atoms with E-state index < -0.39 is 5.97 Å². The minimum atomic E-state index is -0.918. The minimum absolute atomic E-state index is 0. The fourth-order valence-electron chi connectivity index (χ4n) is 0.716. The first-order valence-electron chi connectivity index (χ1n) is 4.72. The van der Waals surface area contributed by atoms with Gasteiger partial charge in [-0.25, -0.2) is 4.79 Å². The van der Waals surface area contributed by atoms with E-state index in [1.165, 1.54) is 0 Å². The number of benzene rings is 1. The quantitative estimate of drug-likeness (QED) is 0.540. The van der Waals surface area contributed by atoms with E-state index in [0.29, 0.717) is 0 Å². The van der Waals surface area contributed by atoms with Gasteiger partial charge in [0.1, 0.15) is 6.61 Å². The molecule has 0 saturated carbocycles. The Balaban J connectivity index is 0. The predicted octanol–water partition coefficient (Wildman–Crippen LogP) is -0.631. The third kappa shape index (κ3) is 13.1. The van der Waals surface area contributed by atoms with E-state index in [0.717, 1.165) is 5.56 Å². The molecule has 1 aromatic rings. The summed E-state index contributed by atoms with van der Waals surface area (Å²) in [6, 6.07) is 9.87. The van der Waals surface area contributed by atoms with Crippen molar-refractivity contribution >= 4 is 5.97 Å². The van der Waals surface area contributed by atoms with Crippen molar-refractivity contribution in [3.05, 3.63) is 42.8 Å². The van der Waals surface area contributed by atoms with Crippen LogP contribution in [0, 0.1) is 6.92 Å². The van der Waals surface area contributed by atoms with Crippen molar-refractivity contribution in [1.29, 1.82) is 0 Å². The molecule has 84 valence electrons. The predicted molar refractivity (Wildman–Crippen MR) is 59.6 cm³/mol. The summed E-state index contributed by atoms with van der Waals surface area (Å²) in [5, 5.41) is 8.04. The monoisotopic (exact) mass is 216 g/mol. The second kappa shape index (κ2) is 10.6. The van der Waals surface area contributed by atoms with Gasteiger partial charge in [-0.3, -0.25) is 0 Å². The molecule has 0 saturated heterocycles. The smallest absolute Gasteiger partial charge is 0.480 e. The molecule has 3 nitrogen and oxygen atoms in total. The maximum atomic E-state index is 9.78. The summed E-state index contributed by atoms with van der Waals surface area (Å²) in [4.78, 5) is 9.78. The third-order valence-electron chi connectivity index (χ3n) is 1.38. The van der Waals surface area contributed by atoms with Crippen LogP contribution in [0.2, 0.25) is 0 Å². The molecular weight excluding hydrogens is 199 g/mol. The fraction of sp³-hybridized carbons (Fsp3) is 0.333. The Morgan fingerprint density at radius 2 is 1.88 bits per heavy atom. The molecule has 0 unspecified atom stereocenters. The molecule has 0 fully saturated rings. The Bertz CT molecular complexity index is 273. The molecule has 0 radical (unpaired) electrons. The first-order valence-corrected chi connectivity index (χ1v) is 4.72. The maximum Gasteiger partial charge on any atom is 1.00 e. The average molecular weight is 216 g/mol. The molecule has 0 atom stereocenters. The maximum absolute atomic E-state index is 9.78. The molecule has 0 heterocycles. The van der Waals surface area contributed by atoms with Gasteiger partial charge in [0.25, 0.3) is 0 Å². The van der Waals surface area contributed by atoms with E-state index in [9.17, 15) is 4.79 Å². The van der Waals surface area contributed by atoms with Crippen LogP contribution in [0.1, 0.15) is 19.4 Å². The number of carboxylic acid groups (broad SMARTS) is 1. The number of carboxylic acids is 1. The Morgan fingerprint density at radius 3 is 2.06 bits per heavy atom. The molecule has 1 rings (SSSR count). The van der Waals surface area contributed by atoms with Crippen LogP contribution in [0.5, 0.6) is 0 Å². The van der Waals surface area contributed by atoms with Gasteiger partial charge in [-0.15, -0.1) is 12.1 Å². The van der Waals surface area contributed by atoms with E-state index in [-0.39, 0.29) is 31.6 Å². The first-order chi connectivity index (χ1) is 7.02. The molecule has 0 aliphatic heterocycles. The molecule has 1 N–H and O–H groups in total. The minimum Gasteiger partial charge on any atom is -0.480 e. The summed E-state index contributed by atoms with van der Waals surface area (Å²) < 4.78 is 4.70. The van der Waals surface area contributed by atoms with Crippen LogP contribution < -0.4 is 18.9 Å². The summed E-state index contributed by atoms with van der Waals surface area (Å²) >= 11 is 0. The van der Waals surface area contributed by atoms with Crippen molar-refractivity contribution in [1.82, 2.24) is 0 Å². The average Bonchev–Trinajstić information content (AvgIpc) is 2.17. The van der Waals surface area contributed by atoms with E-state index in [4.69, 9.17) is 9.84 Å². The normalized spacial score (nSPS) is 8.69. The Morgan fingerprint density at radius 1 is 1.38 bits per heavy atom. The number of carbonyl (C=O) groups is 1. The molecule has 0 aliphatic carbocycles. The summed E-state index contributed by atoms with van der Waals surface area (Å²) in [5.74, 6) is -0.918. The van der Waals surface area contributed by atoms with Crippen LogP contribution in [0.25, 0.3) is 0 Å². The molecule has 0 bridgehead atoms. The zero-order valence-corrected chi connectivity index (χ0v) is 10.1. The van der Waals surface area contributed by atoms with Gasteiger partial charge in [0, 0.05) is 0 Å². The number of hydrogen-bond donors (Lipinski definition) is 1. The molecule has 1 aromatic carbocycles. The van der Waals surface area contributed by atoms with Crippen LogP contribution >= 0.6 is 0 Å². The number of rotatable bonds is 3. The SMILES string of the molecule is CC(C)OCC(=O)O.[CH2-]c1ccccc1.[Li+]. The Kier molecular flexibility index (Phi) is 11.6. The Labute approximate surface area is 109 Å². The van der Waals surface area contributed by atoms with Crippen LogP contribution in [-0.4, -0.2) is 23.8 Å². The molecule has 4 heteroatoms. The molecule has 0 spiro atoms. The van der Waals surface area contributed by atoms with Crippen molar-refractivity contribution < 1.29 is 33.5 Å². The van der Waals surface area contributed by atoms with Gasteiger partial charge in [-0.1, -0.05) is 6.07 Å². The van der Waals surface area contributed by atoms with Gasteiger partial charge in [-0.05, 0) is 13.8 Å². The zero-order valence-electron chi connectivity index (χ0n) is 10.1. The van der Waals surface area contributed by atoms with Crippen LogP contribution in [0.15, 0.2) is 30.3 Å². The molecule has 16 heavy (non-hydrogen) atoms. The molecule has 0 aromatic heterocycles. The summed E-state index contributed by atoms with van der Waals surface area (Å²) in [5.41, 5.74) is 1.07. The van der Waals surface area contributed by atoms with Gasteiger partial charge in [0.15, 0.2) is 0 Å². The first kappa shape index (κ1) is 17.5. The van der Waals surface area contributed by atoms with Crippen molar-refractivity contribution in [2.75, 3.05) is 6.61 Å². The number of hydrogen-bond acceptors (Lipinski definition) is 2. The number of aliphatic carboxylic acids is 1. The van der Waals surface area contributed by atoms with E-state index in [2.05, 4.69) is 6.92 Å². The number of ether oxygens (including phenoxy) is 1. The topological polar surface area (TPSA) is 46.5 Å². The zero-order chi connectivity index (χ0) is 11.7. The van der Waals surface area contributed by atoms with Gasteiger partial charge >= 0.3 is 24.8 Å². The Hall–Kier alpha value is -0.883. The summed E-state index contributed by atoms with van der Waals surface area (Å²) in [6.07, 6.45) is 0.00565. The van der Waals surface area contributed by atoms with Crippen LogP contribution in [-0.2, 0) is 9.53 Å². The molecular formula is C12H17LiO3. The van der Waals surface area contributed by atoms with Gasteiger partial charge in [0.05, 0.1) is 6.10 Å². The van der Waals surface area contributed by atoms with Gasteiger partial charge in [0.2, 0.25) is 0 Å². The second-order valence-corrected chi connectivity index (χ2v) is 3.24. The van der Waals surface area contributed by atoms with Crippen LogP contribution in [0.4, 0.5) is 0 Å². The van der Waals surface area contributed by atoms with Crippen molar-refractivity contribution in [3.63, 3.8) is 0 Å². The van der Waals surface area contributed by atoms with Crippen molar-refractivity contribution in [2.24, 2.45) is 0 Å². The third-order valence-corrected chi connectivity index (χ3v) is 1.38. The standard InChI is InChI=1S/C7H7.C5H10O3.Li/c1-7-5-3-2-4-6-7;1-4(2)8-3-5(6)7;/h2-6H,1H2;4H,3H2,1-2H3,(H,6,7);/q-1;;+1. The second-order valence-electron chi connectivity index (χ2n) is 3.24. The van der Waals surface area contributed by atoms with Crippen LogP contribution in [0.3, 0.4) is 0 Å². The summed E-state index contributed by atoms with van der Waals surface area (Å²) in [6.45, 7) is 7.11. The van der Waals surface area contributed by atoms with Crippen molar-refractivity contribution in [2.45, 2.75) is 20.0 Å². The molecule has 0 amide bonds. The van der Waals surface area contributed by atoms with E-state index >= 15 is 0 Å². The van der Waals surface area contributed by atoms with Crippen molar-refractivity contribution in [3.8, 4) is 0 Å². The molecule has 0 aliphatic rings. The van der Waals surface area contributed by atoms with E-state index in [1.807, 2.05) is 30.3 Å². The summed E-state index contributed by atoms with van der Waals surface area (Å²) in [7, 11) is 0. The largest absolute Gasteiger partial charge is 1.00 e. The fourth-order valence-corrected chi connectivity index (χ4v) is 0.716. The van der Waals surface area contributed by atoms with E-state index in [1.54, 1.807) is 13.8 Å². The van der Waals surface area contributed by atoms with Gasteiger partial charge in [-0.2, -0.15) is 24.6 Å².